The Morgan fingerprint density at radius 2 is 1.83 bits per heavy atom. The Balaban J connectivity index is 2.68. The van der Waals surface area contributed by atoms with E-state index in [-0.39, 0.29) is 11.3 Å². The normalized spacial score (nSPS) is 10.9. The second-order valence-corrected chi connectivity index (χ2v) is 3.96. The summed E-state index contributed by atoms with van der Waals surface area (Å²) in [7, 11) is 0. The topological polar surface area (TPSA) is 43.8 Å². The fourth-order valence-electron chi connectivity index (χ4n) is 2.04. The van der Waals surface area contributed by atoms with Crippen LogP contribution in [0.2, 0.25) is 0 Å². The van der Waals surface area contributed by atoms with Crippen molar-refractivity contribution in [2.24, 2.45) is 0 Å². The number of nitrogens with two attached hydrogens (primary N) is 1. The van der Waals surface area contributed by atoms with Crippen LogP contribution in [0.3, 0.4) is 0 Å². The van der Waals surface area contributed by atoms with E-state index in [0.29, 0.717) is 18.8 Å². The summed E-state index contributed by atoms with van der Waals surface area (Å²) >= 11 is 0. The van der Waals surface area contributed by atoms with Crippen LogP contribution in [0.5, 0.6) is 0 Å². The minimum Gasteiger partial charge on any atom is -0.383 e. The van der Waals surface area contributed by atoms with Crippen molar-refractivity contribution in [2.45, 2.75) is 26.8 Å². The number of anilines is 1. The maximum atomic E-state index is 13.7. The van der Waals surface area contributed by atoms with E-state index in [4.69, 9.17) is 5.73 Å². The Kier molecular flexibility index (Phi) is 3.32. The second kappa shape index (κ2) is 4.76. The number of nitrogen functional groups attached to an aromatic ring is 1. The molecule has 3 nitrogen and oxygen atoms in total. The van der Waals surface area contributed by atoms with Crippen molar-refractivity contribution in [3.8, 4) is 11.3 Å². The molecular formula is C13H15F2N3. The van der Waals surface area contributed by atoms with Gasteiger partial charge in [0.05, 0.1) is 5.56 Å². The molecule has 96 valence electrons. The van der Waals surface area contributed by atoms with E-state index in [1.165, 1.54) is 18.2 Å². The average molecular weight is 251 g/mol. The van der Waals surface area contributed by atoms with Crippen molar-refractivity contribution in [1.29, 1.82) is 0 Å². The third-order valence-electron chi connectivity index (χ3n) is 2.92. The molecule has 0 fully saturated rings. The summed E-state index contributed by atoms with van der Waals surface area (Å²) in [6.07, 6.45) is 0.661. The fraction of sp³-hybridized carbons (Fsp3) is 0.308. The van der Waals surface area contributed by atoms with E-state index in [9.17, 15) is 8.78 Å². The summed E-state index contributed by atoms with van der Waals surface area (Å²) in [4.78, 5) is 4.25. The van der Waals surface area contributed by atoms with E-state index in [0.717, 1.165) is 5.82 Å². The second-order valence-electron chi connectivity index (χ2n) is 3.96. The van der Waals surface area contributed by atoms with E-state index in [1.807, 2.05) is 13.8 Å². The number of imidazole rings is 1. The zero-order valence-electron chi connectivity index (χ0n) is 10.4. The van der Waals surface area contributed by atoms with Gasteiger partial charge in [-0.2, -0.15) is 0 Å². The van der Waals surface area contributed by atoms with E-state index < -0.39 is 11.6 Å². The lowest BCUT2D eigenvalue weighted by atomic mass is 10.1. The summed E-state index contributed by atoms with van der Waals surface area (Å²) in [6.45, 7) is 4.46. The highest BCUT2D eigenvalue weighted by atomic mass is 19.1. The molecule has 1 aromatic heterocycles. The van der Waals surface area contributed by atoms with Crippen LogP contribution in [-0.2, 0) is 13.0 Å². The van der Waals surface area contributed by atoms with Gasteiger partial charge in [-0.3, -0.25) is 0 Å². The van der Waals surface area contributed by atoms with Gasteiger partial charge in [0.2, 0.25) is 0 Å². The molecule has 0 aliphatic heterocycles. The van der Waals surface area contributed by atoms with Gasteiger partial charge in [-0.25, -0.2) is 13.8 Å². The van der Waals surface area contributed by atoms with Crippen LogP contribution in [0, 0.1) is 11.6 Å². The molecule has 1 aromatic carbocycles. The third-order valence-corrected chi connectivity index (χ3v) is 2.92. The zero-order valence-corrected chi connectivity index (χ0v) is 10.4. The monoisotopic (exact) mass is 251 g/mol. The van der Waals surface area contributed by atoms with E-state index in [1.54, 1.807) is 4.57 Å². The SMILES string of the molecule is CCc1nc(-c2c(F)cccc2F)c(N)n1CC. The van der Waals surface area contributed by atoms with Crippen LogP contribution in [0.15, 0.2) is 18.2 Å². The molecule has 0 atom stereocenters. The minimum atomic E-state index is -0.648. The van der Waals surface area contributed by atoms with Gasteiger partial charge in [0.15, 0.2) is 0 Å². The van der Waals surface area contributed by atoms with Crippen LogP contribution in [0.4, 0.5) is 14.6 Å². The highest BCUT2D eigenvalue weighted by Crippen LogP contribution is 2.30. The van der Waals surface area contributed by atoms with Crippen molar-refractivity contribution in [3.05, 3.63) is 35.7 Å². The highest BCUT2D eigenvalue weighted by Gasteiger charge is 2.20. The molecule has 1 heterocycles. The molecule has 2 N–H and O–H groups in total. The molecule has 0 radical (unpaired) electrons. The van der Waals surface area contributed by atoms with Crippen molar-refractivity contribution >= 4 is 5.82 Å². The van der Waals surface area contributed by atoms with Gasteiger partial charge in [-0.15, -0.1) is 0 Å². The maximum Gasteiger partial charge on any atom is 0.135 e. The largest absolute Gasteiger partial charge is 0.383 e. The quantitative estimate of drug-likeness (QED) is 0.911. The lowest BCUT2D eigenvalue weighted by Crippen LogP contribution is -2.04. The van der Waals surface area contributed by atoms with Crippen molar-refractivity contribution in [3.63, 3.8) is 0 Å². The summed E-state index contributed by atoms with van der Waals surface area (Å²) < 4.78 is 29.2. The molecule has 0 aliphatic carbocycles. The molecule has 0 spiro atoms. The predicted molar refractivity (Wildman–Crippen MR) is 67.0 cm³/mol. The molecular weight excluding hydrogens is 236 g/mol. The van der Waals surface area contributed by atoms with Crippen LogP contribution in [0.25, 0.3) is 11.3 Å². The summed E-state index contributed by atoms with van der Waals surface area (Å²) in [5.41, 5.74) is 5.96. The van der Waals surface area contributed by atoms with Gasteiger partial charge in [0.25, 0.3) is 0 Å². The number of hydrogen-bond acceptors (Lipinski definition) is 2. The number of halogens is 2. The Hall–Kier alpha value is -1.91. The first kappa shape index (κ1) is 12.5. The molecule has 0 saturated heterocycles. The lowest BCUT2D eigenvalue weighted by Gasteiger charge is -2.05. The van der Waals surface area contributed by atoms with Gasteiger partial charge in [0.1, 0.15) is 29.0 Å². The first-order chi connectivity index (χ1) is 8.60. The standard InChI is InChI=1S/C13H15F2N3/c1-3-10-17-12(13(16)18(10)4-2)11-8(14)6-5-7-9(11)15/h5-7H,3-4,16H2,1-2H3. The van der Waals surface area contributed by atoms with Gasteiger partial charge in [-0.05, 0) is 19.1 Å². The Bertz CT molecular complexity index is 556. The predicted octanol–water partition coefficient (Wildman–Crippen LogP) is 2.99. The van der Waals surface area contributed by atoms with Crippen LogP contribution >= 0.6 is 0 Å². The highest BCUT2D eigenvalue weighted by molar-refractivity contribution is 5.72. The van der Waals surface area contributed by atoms with Gasteiger partial charge in [0, 0.05) is 13.0 Å². The van der Waals surface area contributed by atoms with Gasteiger partial charge >= 0.3 is 0 Å². The fourth-order valence-corrected chi connectivity index (χ4v) is 2.04. The summed E-state index contributed by atoms with van der Waals surface area (Å²) in [5, 5.41) is 0. The Labute approximate surface area is 104 Å². The van der Waals surface area contributed by atoms with E-state index in [2.05, 4.69) is 4.98 Å². The number of rotatable bonds is 3. The smallest absolute Gasteiger partial charge is 0.135 e. The Morgan fingerprint density at radius 3 is 2.28 bits per heavy atom. The van der Waals surface area contributed by atoms with Crippen molar-refractivity contribution in [2.75, 3.05) is 5.73 Å². The summed E-state index contributed by atoms with van der Waals surface area (Å²) in [5.74, 6) is -0.263. The van der Waals surface area contributed by atoms with Crippen molar-refractivity contribution in [1.82, 2.24) is 9.55 Å². The van der Waals surface area contributed by atoms with Crippen LogP contribution in [-0.4, -0.2) is 9.55 Å². The van der Waals surface area contributed by atoms with Crippen molar-refractivity contribution < 1.29 is 8.78 Å². The van der Waals surface area contributed by atoms with Gasteiger partial charge in [-0.1, -0.05) is 13.0 Å². The number of nitrogens with zero attached hydrogens (tertiary/aromatic N) is 2. The molecule has 0 unspecified atom stereocenters. The van der Waals surface area contributed by atoms with Gasteiger partial charge < -0.3 is 10.3 Å². The zero-order chi connectivity index (χ0) is 13.3. The van der Waals surface area contributed by atoms with Crippen LogP contribution < -0.4 is 5.73 Å². The average Bonchev–Trinajstić information content (AvgIpc) is 2.66. The third kappa shape index (κ3) is 1.85. The first-order valence-corrected chi connectivity index (χ1v) is 5.89. The molecule has 18 heavy (non-hydrogen) atoms. The number of benzene rings is 1. The maximum absolute atomic E-state index is 13.7. The Morgan fingerprint density at radius 1 is 1.22 bits per heavy atom. The molecule has 2 aromatic rings. The molecule has 2 rings (SSSR count). The number of aryl methyl sites for hydroxylation is 1. The molecule has 5 heteroatoms. The summed E-state index contributed by atoms with van der Waals surface area (Å²) in [6, 6.07) is 3.73. The van der Waals surface area contributed by atoms with Crippen LogP contribution in [0.1, 0.15) is 19.7 Å². The minimum absolute atomic E-state index is 0.156. The molecule has 0 bridgehead atoms. The molecule has 0 saturated carbocycles. The number of aromatic nitrogens is 2. The first-order valence-electron chi connectivity index (χ1n) is 5.89. The lowest BCUT2D eigenvalue weighted by molar-refractivity contribution is 0.589. The molecule has 0 aliphatic rings. The van der Waals surface area contributed by atoms with E-state index >= 15 is 0 Å². The molecule has 0 amide bonds. The number of hydrogen-bond donors (Lipinski definition) is 1.